The van der Waals surface area contributed by atoms with Crippen molar-refractivity contribution in [2.24, 2.45) is 17.8 Å². The van der Waals surface area contributed by atoms with Crippen LogP contribution in [-0.2, 0) is 9.59 Å². The van der Waals surface area contributed by atoms with Crippen LogP contribution >= 0.6 is 0 Å². The zero-order valence-electron chi connectivity index (χ0n) is 14.0. The summed E-state index contributed by atoms with van der Waals surface area (Å²) < 4.78 is 0. The fourth-order valence-corrected chi connectivity index (χ4v) is 3.43. The molecule has 2 saturated carbocycles. The molecular formula is C17H30N2O3. The molecule has 0 aromatic carbocycles. The molecule has 0 aliphatic heterocycles. The summed E-state index contributed by atoms with van der Waals surface area (Å²) in [6.07, 6.45) is 5.35. The summed E-state index contributed by atoms with van der Waals surface area (Å²) in [6.45, 7) is 5.94. The quantitative estimate of drug-likeness (QED) is 0.697. The van der Waals surface area contributed by atoms with Crippen LogP contribution in [0.5, 0.6) is 0 Å². The Morgan fingerprint density at radius 1 is 1.05 bits per heavy atom. The number of nitrogens with one attached hydrogen (secondary N) is 2. The highest BCUT2D eigenvalue weighted by atomic mass is 16.3. The third kappa shape index (κ3) is 4.45. The van der Waals surface area contributed by atoms with Crippen molar-refractivity contribution >= 4 is 11.8 Å². The van der Waals surface area contributed by atoms with E-state index in [1.54, 1.807) is 6.92 Å². The maximum Gasteiger partial charge on any atom is 0.245 e. The Morgan fingerprint density at radius 2 is 1.68 bits per heavy atom. The highest BCUT2D eigenvalue weighted by Gasteiger charge is 2.36. The van der Waals surface area contributed by atoms with Gasteiger partial charge in [-0.05, 0) is 44.4 Å². The first-order valence-corrected chi connectivity index (χ1v) is 8.69. The van der Waals surface area contributed by atoms with Crippen LogP contribution in [0, 0.1) is 17.8 Å². The zero-order valence-corrected chi connectivity index (χ0v) is 14.0. The van der Waals surface area contributed by atoms with E-state index in [1.165, 1.54) is 6.42 Å². The van der Waals surface area contributed by atoms with E-state index in [-0.39, 0.29) is 23.8 Å². The number of amides is 2. The predicted molar refractivity (Wildman–Crippen MR) is 85.1 cm³/mol. The first-order chi connectivity index (χ1) is 10.4. The molecule has 0 radical (unpaired) electrons. The van der Waals surface area contributed by atoms with Gasteiger partial charge in [-0.15, -0.1) is 0 Å². The van der Waals surface area contributed by atoms with Crippen LogP contribution in [-0.4, -0.2) is 35.1 Å². The van der Waals surface area contributed by atoms with Crippen LogP contribution in [0.15, 0.2) is 0 Å². The van der Waals surface area contributed by atoms with Crippen molar-refractivity contribution in [3.63, 3.8) is 0 Å². The molecule has 2 rings (SSSR count). The third-order valence-corrected chi connectivity index (χ3v) is 5.01. The summed E-state index contributed by atoms with van der Waals surface area (Å²) in [5, 5.41) is 15.7. The normalized spacial score (nSPS) is 28.0. The lowest BCUT2D eigenvalue weighted by atomic mass is 9.77. The van der Waals surface area contributed by atoms with Crippen molar-refractivity contribution in [2.45, 2.75) is 77.5 Å². The smallest absolute Gasteiger partial charge is 0.245 e. The molecule has 4 unspecified atom stereocenters. The lowest BCUT2D eigenvalue weighted by Gasteiger charge is -2.36. The van der Waals surface area contributed by atoms with E-state index in [0.29, 0.717) is 11.8 Å². The van der Waals surface area contributed by atoms with E-state index in [0.717, 1.165) is 32.1 Å². The van der Waals surface area contributed by atoms with E-state index in [4.69, 9.17) is 0 Å². The van der Waals surface area contributed by atoms with Gasteiger partial charge in [-0.1, -0.05) is 26.7 Å². The molecule has 126 valence electrons. The fraction of sp³-hybridized carbons (Fsp3) is 0.882. The largest absolute Gasteiger partial charge is 0.391 e. The average molecular weight is 310 g/mol. The van der Waals surface area contributed by atoms with Gasteiger partial charge in [0.25, 0.3) is 0 Å². The summed E-state index contributed by atoms with van der Waals surface area (Å²) in [4.78, 5) is 24.4. The summed E-state index contributed by atoms with van der Waals surface area (Å²) in [6, 6.07) is -0.692. The number of hydrogen-bond donors (Lipinski definition) is 3. The molecule has 0 heterocycles. The number of aliphatic hydroxyl groups excluding tert-OH is 1. The Hall–Kier alpha value is -1.10. The molecule has 0 aromatic heterocycles. The van der Waals surface area contributed by atoms with Gasteiger partial charge >= 0.3 is 0 Å². The molecule has 5 heteroatoms. The summed E-state index contributed by atoms with van der Waals surface area (Å²) in [5.41, 5.74) is 0. The van der Waals surface area contributed by atoms with E-state index >= 15 is 0 Å². The number of rotatable bonds is 6. The van der Waals surface area contributed by atoms with Gasteiger partial charge in [-0.25, -0.2) is 0 Å². The summed E-state index contributed by atoms with van der Waals surface area (Å²) in [7, 11) is 0. The molecule has 2 fully saturated rings. The molecule has 5 nitrogen and oxygen atoms in total. The van der Waals surface area contributed by atoms with Gasteiger partial charge in [0, 0.05) is 12.0 Å². The van der Waals surface area contributed by atoms with E-state index in [2.05, 4.69) is 24.5 Å². The highest BCUT2D eigenvalue weighted by Crippen LogP contribution is 2.31. The van der Waals surface area contributed by atoms with Crippen LogP contribution in [0.1, 0.15) is 59.3 Å². The lowest BCUT2D eigenvalue weighted by molar-refractivity contribution is -0.133. The maximum absolute atomic E-state index is 12.5. The Kier molecular flexibility index (Phi) is 5.84. The molecule has 2 aliphatic rings. The molecule has 0 saturated heterocycles. The Balaban J connectivity index is 1.95. The van der Waals surface area contributed by atoms with Crippen LogP contribution in [0.2, 0.25) is 0 Å². The van der Waals surface area contributed by atoms with Crippen molar-refractivity contribution in [2.75, 3.05) is 0 Å². The van der Waals surface area contributed by atoms with E-state index < -0.39 is 12.1 Å². The van der Waals surface area contributed by atoms with Gasteiger partial charge < -0.3 is 15.7 Å². The second kappa shape index (κ2) is 7.44. The first-order valence-electron chi connectivity index (χ1n) is 8.69. The van der Waals surface area contributed by atoms with Crippen molar-refractivity contribution in [3.05, 3.63) is 0 Å². The molecule has 3 N–H and O–H groups in total. The highest BCUT2D eigenvalue weighted by molar-refractivity contribution is 5.89. The number of carbonyl (C=O) groups excluding carboxylic acids is 2. The van der Waals surface area contributed by atoms with Gasteiger partial charge in [0.1, 0.15) is 6.04 Å². The topological polar surface area (TPSA) is 78.4 Å². The Bertz CT molecular complexity index is 405. The lowest BCUT2D eigenvalue weighted by Crippen LogP contribution is -2.56. The molecule has 4 atom stereocenters. The van der Waals surface area contributed by atoms with E-state index in [1.807, 2.05) is 0 Å². The molecule has 2 amide bonds. The molecular weight excluding hydrogens is 280 g/mol. The minimum absolute atomic E-state index is 0.0344. The number of carbonyl (C=O) groups is 2. The van der Waals surface area contributed by atoms with Crippen molar-refractivity contribution in [3.8, 4) is 0 Å². The van der Waals surface area contributed by atoms with Crippen LogP contribution in [0.3, 0.4) is 0 Å². The number of hydrogen-bond acceptors (Lipinski definition) is 3. The van der Waals surface area contributed by atoms with Gasteiger partial charge in [-0.2, -0.15) is 0 Å². The molecule has 0 aromatic rings. The Morgan fingerprint density at radius 3 is 2.23 bits per heavy atom. The third-order valence-electron chi connectivity index (χ3n) is 5.01. The monoisotopic (exact) mass is 310 g/mol. The van der Waals surface area contributed by atoms with Gasteiger partial charge in [0.05, 0.1) is 6.10 Å². The van der Waals surface area contributed by atoms with Crippen molar-refractivity contribution in [1.82, 2.24) is 10.6 Å². The second-order valence-corrected chi connectivity index (χ2v) is 7.31. The van der Waals surface area contributed by atoms with Crippen LogP contribution in [0.25, 0.3) is 0 Å². The minimum atomic E-state index is -0.885. The summed E-state index contributed by atoms with van der Waals surface area (Å²) >= 11 is 0. The van der Waals surface area contributed by atoms with Gasteiger partial charge in [0.2, 0.25) is 11.8 Å². The van der Waals surface area contributed by atoms with Crippen LogP contribution < -0.4 is 10.6 Å². The SMILES string of the molecule is CC(C)C1CCCCC1NC(=O)C(NC(=O)C1CC1)C(C)O. The minimum Gasteiger partial charge on any atom is -0.391 e. The predicted octanol–water partition coefficient (Wildman–Crippen LogP) is 1.59. The fourth-order valence-electron chi connectivity index (χ4n) is 3.43. The number of aliphatic hydroxyl groups is 1. The van der Waals surface area contributed by atoms with Gasteiger partial charge in [0.15, 0.2) is 0 Å². The standard InChI is InChI=1S/C17H30N2O3/c1-10(2)13-6-4-5-7-14(13)18-17(22)15(11(3)20)19-16(21)12-8-9-12/h10-15,20H,4-9H2,1-3H3,(H,18,22)(H,19,21). The van der Waals surface area contributed by atoms with Crippen molar-refractivity contribution in [1.29, 1.82) is 0 Å². The first kappa shape index (κ1) is 17.3. The summed E-state index contributed by atoms with van der Waals surface area (Å²) in [5.74, 6) is 0.682. The maximum atomic E-state index is 12.5. The molecule has 22 heavy (non-hydrogen) atoms. The Labute approximate surface area is 133 Å². The van der Waals surface area contributed by atoms with Gasteiger partial charge in [-0.3, -0.25) is 9.59 Å². The van der Waals surface area contributed by atoms with E-state index in [9.17, 15) is 14.7 Å². The molecule has 0 spiro atoms. The van der Waals surface area contributed by atoms with Crippen LogP contribution in [0.4, 0.5) is 0 Å². The zero-order chi connectivity index (χ0) is 16.3. The van der Waals surface area contributed by atoms with Crippen molar-refractivity contribution < 1.29 is 14.7 Å². The average Bonchev–Trinajstić information content (AvgIpc) is 3.28. The molecule has 0 bridgehead atoms. The molecule has 2 aliphatic carbocycles. The second-order valence-electron chi connectivity index (χ2n) is 7.31.